The molecule has 0 spiro atoms. The summed E-state index contributed by atoms with van der Waals surface area (Å²) in [6, 6.07) is 0.0523. The molecule has 1 aliphatic heterocycles. The number of carbonyl (C=O) groups is 1. The van der Waals surface area contributed by atoms with Crippen LogP contribution < -0.4 is 5.32 Å². The van der Waals surface area contributed by atoms with Gasteiger partial charge in [0.15, 0.2) is 0 Å². The minimum absolute atomic E-state index is 0.0523. The van der Waals surface area contributed by atoms with Crippen LogP contribution in [-0.4, -0.2) is 48.2 Å². The largest absolute Gasteiger partial charge is 0.395 e. The number of nitrogens with zero attached hydrogens (tertiary/aromatic N) is 1. The number of nitrogens with one attached hydrogen (secondary N) is 1. The molecule has 4 heteroatoms. The van der Waals surface area contributed by atoms with Gasteiger partial charge in [0.1, 0.15) is 0 Å². The monoisotopic (exact) mass is 214 g/mol. The summed E-state index contributed by atoms with van der Waals surface area (Å²) in [7, 11) is 0. The third kappa shape index (κ3) is 3.47. The van der Waals surface area contributed by atoms with Gasteiger partial charge in [0.05, 0.1) is 6.61 Å². The van der Waals surface area contributed by atoms with E-state index >= 15 is 0 Å². The first-order valence-electron chi connectivity index (χ1n) is 5.82. The zero-order valence-corrected chi connectivity index (χ0v) is 9.70. The SMILES string of the molecule is CCCC(C)C(=O)N1CCNC(CO)C1. The quantitative estimate of drug-likeness (QED) is 0.703. The van der Waals surface area contributed by atoms with Crippen LogP contribution in [0.4, 0.5) is 0 Å². The van der Waals surface area contributed by atoms with Crippen LogP contribution in [0, 0.1) is 5.92 Å². The number of piperazine rings is 1. The second-order valence-corrected chi connectivity index (χ2v) is 4.31. The second kappa shape index (κ2) is 6.08. The van der Waals surface area contributed by atoms with Crippen molar-refractivity contribution in [3.63, 3.8) is 0 Å². The topological polar surface area (TPSA) is 52.6 Å². The molecule has 2 N–H and O–H groups in total. The van der Waals surface area contributed by atoms with Crippen molar-refractivity contribution in [3.05, 3.63) is 0 Å². The summed E-state index contributed by atoms with van der Waals surface area (Å²) in [5, 5.41) is 12.2. The minimum atomic E-state index is 0.0523. The van der Waals surface area contributed by atoms with E-state index in [-0.39, 0.29) is 24.5 Å². The van der Waals surface area contributed by atoms with E-state index in [2.05, 4.69) is 12.2 Å². The summed E-state index contributed by atoms with van der Waals surface area (Å²) in [6.45, 7) is 6.38. The molecule has 0 aromatic heterocycles. The van der Waals surface area contributed by atoms with Crippen molar-refractivity contribution in [2.24, 2.45) is 5.92 Å². The summed E-state index contributed by atoms with van der Waals surface area (Å²) in [5.41, 5.74) is 0. The molecule has 0 bridgehead atoms. The molecule has 4 nitrogen and oxygen atoms in total. The van der Waals surface area contributed by atoms with Gasteiger partial charge in [0.25, 0.3) is 0 Å². The van der Waals surface area contributed by atoms with Crippen LogP contribution in [0.5, 0.6) is 0 Å². The lowest BCUT2D eigenvalue weighted by Gasteiger charge is -2.34. The Hall–Kier alpha value is -0.610. The standard InChI is InChI=1S/C11H22N2O2/c1-3-4-9(2)11(15)13-6-5-12-10(7-13)8-14/h9-10,12,14H,3-8H2,1-2H3. The van der Waals surface area contributed by atoms with Crippen LogP contribution >= 0.6 is 0 Å². The molecule has 0 radical (unpaired) electrons. The first-order chi connectivity index (χ1) is 7.19. The van der Waals surface area contributed by atoms with E-state index in [1.807, 2.05) is 11.8 Å². The molecule has 88 valence electrons. The van der Waals surface area contributed by atoms with Crippen molar-refractivity contribution in [1.29, 1.82) is 0 Å². The third-order valence-corrected chi connectivity index (χ3v) is 2.93. The third-order valence-electron chi connectivity index (χ3n) is 2.93. The minimum Gasteiger partial charge on any atom is -0.395 e. The summed E-state index contributed by atoms with van der Waals surface area (Å²) < 4.78 is 0. The van der Waals surface area contributed by atoms with Crippen molar-refractivity contribution in [2.45, 2.75) is 32.7 Å². The van der Waals surface area contributed by atoms with Crippen LogP contribution in [-0.2, 0) is 4.79 Å². The van der Waals surface area contributed by atoms with Gasteiger partial charge in [-0.1, -0.05) is 20.3 Å². The molecule has 0 aromatic rings. The van der Waals surface area contributed by atoms with Gasteiger partial charge in [0.2, 0.25) is 5.91 Å². The van der Waals surface area contributed by atoms with Gasteiger partial charge in [-0.15, -0.1) is 0 Å². The molecule has 1 saturated heterocycles. The van der Waals surface area contributed by atoms with E-state index in [0.29, 0.717) is 6.54 Å². The van der Waals surface area contributed by atoms with Gasteiger partial charge in [-0.2, -0.15) is 0 Å². The zero-order valence-electron chi connectivity index (χ0n) is 9.70. The Balaban J connectivity index is 2.44. The van der Waals surface area contributed by atoms with E-state index in [0.717, 1.165) is 25.9 Å². The van der Waals surface area contributed by atoms with Crippen molar-refractivity contribution in [2.75, 3.05) is 26.2 Å². The van der Waals surface area contributed by atoms with E-state index < -0.39 is 0 Å². The first-order valence-corrected chi connectivity index (χ1v) is 5.82. The highest BCUT2D eigenvalue weighted by atomic mass is 16.3. The van der Waals surface area contributed by atoms with Crippen molar-refractivity contribution in [1.82, 2.24) is 10.2 Å². The Bertz CT molecular complexity index is 209. The van der Waals surface area contributed by atoms with Gasteiger partial charge in [-0.25, -0.2) is 0 Å². The molecular weight excluding hydrogens is 192 g/mol. The fourth-order valence-electron chi connectivity index (χ4n) is 2.02. The number of amides is 1. The first kappa shape index (κ1) is 12.5. The Kier molecular flexibility index (Phi) is 5.05. The fourth-order valence-corrected chi connectivity index (χ4v) is 2.02. The van der Waals surface area contributed by atoms with Crippen molar-refractivity contribution in [3.8, 4) is 0 Å². The summed E-state index contributed by atoms with van der Waals surface area (Å²) in [6.07, 6.45) is 2.00. The number of carbonyl (C=O) groups excluding carboxylic acids is 1. The average molecular weight is 214 g/mol. The number of hydrogen-bond donors (Lipinski definition) is 2. The summed E-state index contributed by atoms with van der Waals surface area (Å²) in [4.78, 5) is 13.8. The average Bonchev–Trinajstić information content (AvgIpc) is 2.28. The zero-order chi connectivity index (χ0) is 11.3. The van der Waals surface area contributed by atoms with E-state index in [9.17, 15) is 4.79 Å². The second-order valence-electron chi connectivity index (χ2n) is 4.31. The predicted octanol–water partition coefficient (Wildman–Crippen LogP) is 0.215. The van der Waals surface area contributed by atoms with Gasteiger partial charge >= 0.3 is 0 Å². The molecule has 0 aliphatic carbocycles. The van der Waals surface area contributed by atoms with Crippen molar-refractivity contribution < 1.29 is 9.90 Å². The maximum Gasteiger partial charge on any atom is 0.225 e. The van der Waals surface area contributed by atoms with Crippen LogP contribution in [0.1, 0.15) is 26.7 Å². The Labute approximate surface area is 91.6 Å². The van der Waals surface area contributed by atoms with E-state index in [4.69, 9.17) is 5.11 Å². The number of aliphatic hydroxyl groups is 1. The molecule has 1 rings (SSSR count). The van der Waals surface area contributed by atoms with Crippen molar-refractivity contribution >= 4 is 5.91 Å². The molecule has 0 aromatic carbocycles. The van der Waals surface area contributed by atoms with E-state index in [1.54, 1.807) is 0 Å². The Morgan fingerprint density at radius 3 is 3.00 bits per heavy atom. The predicted molar refractivity (Wildman–Crippen MR) is 59.5 cm³/mol. The van der Waals surface area contributed by atoms with Crippen LogP contribution in [0.2, 0.25) is 0 Å². The number of aliphatic hydroxyl groups excluding tert-OH is 1. The van der Waals surface area contributed by atoms with Crippen LogP contribution in [0.25, 0.3) is 0 Å². The fraction of sp³-hybridized carbons (Fsp3) is 0.909. The van der Waals surface area contributed by atoms with Gasteiger partial charge in [-0.05, 0) is 6.42 Å². The van der Waals surface area contributed by atoms with Gasteiger partial charge in [0, 0.05) is 31.6 Å². The lowest BCUT2D eigenvalue weighted by molar-refractivity contribution is -0.136. The van der Waals surface area contributed by atoms with E-state index in [1.165, 1.54) is 0 Å². The molecular formula is C11H22N2O2. The summed E-state index contributed by atoms with van der Waals surface area (Å²) in [5.74, 6) is 0.351. The molecule has 15 heavy (non-hydrogen) atoms. The highest BCUT2D eigenvalue weighted by Crippen LogP contribution is 2.11. The Morgan fingerprint density at radius 1 is 1.67 bits per heavy atom. The molecule has 1 heterocycles. The lowest BCUT2D eigenvalue weighted by atomic mass is 10.0. The lowest BCUT2D eigenvalue weighted by Crippen LogP contribution is -2.55. The highest BCUT2D eigenvalue weighted by Gasteiger charge is 2.25. The summed E-state index contributed by atoms with van der Waals surface area (Å²) >= 11 is 0. The Morgan fingerprint density at radius 2 is 2.40 bits per heavy atom. The molecule has 1 fully saturated rings. The molecule has 1 amide bonds. The molecule has 1 aliphatic rings. The van der Waals surface area contributed by atoms with Gasteiger partial charge in [-0.3, -0.25) is 4.79 Å². The van der Waals surface area contributed by atoms with Crippen LogP contribution in [0.15, 0.2) is 0 Å². The number of hydrogen-bond acceptors (Lipinski definition) is 3. The smallest absolute Gasteiger partial charge is 0.225 e. The molecule has 0 saturated carbocycles. The van der Waals surface area contributed by atoms with Gasteiger partial charge < -0.3 is 15.3 Å². The maximum atomic E-state index is 12.0. The molecule has 2 unspecified atom stereocenters. The molecule has 2 atom stereocenters. The normalized spacial score (nSPS) is 23.9. The van der Waals surface area contributed by atoms with Crippen LogP contribution in [0.3, 0.4) is 0 Å². The maximum absolute atomic E-state index is 12.0. The number of rotatable bonds is 4. The highest BCUT2D eigenvalue weighted by molar-refractivity contribution is 5.78.